The molecule has 1 aromatic heterocycles. The molecule has 0 saturated carbocycles. The van der Waals surface area contributed by atoms with E-state index in [1.165, 1.54) is 15.8 Å². The monoisotopic (exact) mass is 275 g/mol. The second-order valence-electron chi connectivity index (χ2n) is 4.61. The molecule has 1 atom stereocenters. The van der Waals surface area contributed by atoms with Crippen molar-refractivity contribution in [2.45, 2.75) is 26.8 Å². The Morgan fingerprint density at radius 2 is 2.05 bits per heavy atom. The number of phenolic OH excluding ortho intramolecular Hbond substituents is 1. The summed E-state index contributed by atoms with van der Waals surface area (Å²) in [5.41, 5.74) is 1.62. The van der Waals surface area contributed by atoms with Gasteiger partial charge < -0.3 is 10.4 Å². The second-order valence-corrected chi connectivity index (χ2v) is 6.07. The number of hydrogen-bond donors (Lipinski definition) is 2. The summed E-state index contributed by atoms with van der Waals surface area (Å²) in [4.78, 5) is 14.5. The van der Waals surface area contributed by atoms with Gasteiger partial charge in [0.05, 0.1) is 6.04 Å². The minimum Gasteiger partial charge on any atom is -0.508 e. The normalized spacial score (nSPS) is 12.2. The van der Waals surface area contributed by atoms with Crippen molar-refractivity contribution in [3.05, 3.63) is 51.2 Å². The minimum absolute atomic E-state index is 0.0419. The molecule has 0 radical (unpaired) electrons. The Hall–Kier alpha value is -1.81. The Bertz CT molecular complexity index is 604. The summed E-state index contributed by atoms with van der Waals surface area (Å²) >= 11 is 1.73. The van der Waals surface area contributed by atoms with Gasteiger partial charge in [-0.15, -0.1) is 11.3 Å². The van der Waals surface area contributed by atoms with Gasteiger partial charge in [-0.3, -0.25) is 4.79 Å². The molecule has 0 bridgehead atoms. The third kappa shape index (κ3) is 3.15. The minimum atomic E-state index is -0.174. The lowest BCUT2D eigenvalue weighted by Gasteiger charge is -2.14. The fourth-order valence-electron chi connectivity index (χ4n) is 2.09. The van der Waals surface area contributed by atoms with Gasteiger partial charge in [-0.1, -0.05) is 6.07 Å². The average Bonchev–Trinajstić information content (AvgIpc) is 2.68. The topological polar surface area (TPSA) is 49.3 Å². The van der Waals surface area contributed by atoms with Crippen molar-refractivity contribution >= 4 is 17.2 Å². The van der Waals surface area contributed by atoms with Crippen LogP contribution in [-0.2, 0) is 0 Å². The van der Waals surface area contributed by atoms with Crippen LogP contribution in [0.2, 0.25) is 0 Å². The smallest absolute Gasteiger partial charge is 0.251 e. The molecule has 1 unspecified atom stereocenters. The number of nitrogens with one attached hydrogen (secondary N) is 1. The molecule has 0 saturated heterocycles. The summed E-state index contributed by atoms with van der Waals surface area (Å²) in [6, 6.07) is 8.43. The third-order valence-electron chi connectivity index (χ3n) is 3.00. The van der Waals surface area contributed by atoms with Crippen LogP contribution in [0.5, 0.6) is 5.75 Å². The highest BCUT2D eigenvalue weighted by atomic mass is 32.1. The van der Waals surface area contributed by atoms with E-state index in [1.807, 2.05) is 6.92 Å². The summed E-state index contributed by atoms with van der Waals surface area (Å²) < 4.78 is 0. The molecule has 2 rings (SSSR count). The van der Waals surface area contributed by atoms with Crippen LogP contribution in [0.1, 0.15) is 38.6 Å². The molecule has 0 aliphatic heterocycles. The molecule has 0 aliphatic carbocycles. The van der Waals surface area contributed by atoms with Gasteiger partial charge in [-0.2, -0.15) is 0 Å². The molecule has 4 heteroatoms. The number of carbonyl (C=O) groups is 1. The maximum Gasteiger partial charge on any atom is 0.251 e. The molecule has 2 N–H and O–H groups in total. The predicted molar refractivity (Wildman–Crippen MR) is 77.8 cm³/mol. The van der Waals surface area contributed by atoms with Crippen LogP contribution in [0, 0.1) is 13.8 Å². The average molecular weight is 275 g/mol. The highest BCUT2D eigenvalue weighted by molar-refractivity contribution is 7.12. The summed E-state index contributed by atoms with van der Waals surface area (Å²) in [5, 5.41) is 12.3. The molecular formula is C15H17NO2S. The maximum atomic E-state index is 12.1. The van der Waals surface area contributed by atoms with Crippen molar-refractivity contribution < 1.29 is 9.90 Å². The molecule has 3 nitrogen and oxygen atoms in total. The van der Waals surface area contributed by atoms with Crippen LogP contribution in [0.25, 0.3) is 0 Å². The van der Waals surface area contributed by atoms with E-state index >= 15 is 0 Å². The van der Waals surface area contributed by atoms with Crippen molar-refractivity contribution in [2.75, 3.05) is 0 Å². The Morgan fingerprint density at radius 3 is 2.63 bits per heavy atom. The van der Waals surface area contributed by atoms with Gasteiger partial charge in [-0.05, 0) is 50.6 Å². The standard InChI is InChI=1S/C15H17NO2S/c1-9-7-14(11(3)19-9)10(2)16-15(18)12-5-4-6-13(17)8-12/h4-8,10,17H,1-3H3,(H,16,18). The van der Waals surface area contributed by atoms with E-state index in [0.29, 0.717) is 5.56 Å². The van der Waals surface area contributed by atoms with Crippen molar-refractivity contribution in [3.63, 3.8) is 0 Å². The number of aryl methyl sites for hydroxylation is 2. The van der Waals surface area contributed by atoms with Gasteiger partial charge in [0.1, 0.15) is 5.75 Å². The van der Waals surface area contributed by atoms with E-state index in [1.54, 1.807) is 29.5 Å². The molecule has 19 heavy (non-hydrogen) atoms. The predicted octanol–water partition coefficient (Wildman–Crippen LogP) is 3.56. The Morgan fingerprint density at radius 1 is 1.32 bits per heavy atom. The van der Waals surface area contributed by atoms with E-state index in [-0.39, 0.29) is 17.7 Å². The zero-order valence-electron chi connectivity index (χ0n) is 11.2. The third-order valence-corrected chi connectivity index (χ3v) is 3.98. The summed E-state index contributed by atoms with van der Waals surface area (Å²) in [6.07, 6.45) is 0. The molecule has 1 heterocycles. The van der Waals surface area contributed by atoms with Crippen LogP contribution in [0.4, 0.5) is 0 Å². The number of phenols is 1. The Balaban J connectivity index is 2.13. The summed E-state index contributed by atoms with van der Waals surface area (Å²) in [7, 11) is 0. The first-order valence-electron chi connectivity index (χ1n) is 6.14. The van der Waals surface area contributed by atoms with Crippen LogP contribution in [-0.4, -0.2) is 11.0 Å². The first-order chi connectivity index (χ1) is 8.97. The Labute approximate surface area is 116 Å². The largest absolute Gasteiger partial charge is 0.508 e. The van der Waals surface area contributed by atoms with Gasteiger partial charge in [0.15, 0.2) is 0 Å². The molecule has 1 amide bonds. The Kier molecular flexibility index (Phi) is 3.90. The molecule has 100 valence electrons. The van der Waals surface area contributed by atoms with Crippen LogP contribution in [0.15, 0.2) is 30.3 Å². The van der Waals surface area contributed by atoms with Crippen molar-refractivity contribution in [2.24, 2.45) is 0 Å². The number of benzene rings is 1. The lowest BCUT2D eigenvalue weighted by atomic mass is 10.1. The van der Waals surface area contributed by atoms with E-state index in [4.69, 9.17) is 0 Å². The van der Waals surface area contributed by atoms with E-state index in [2.05, 4.69) is 25.2 Å². The van der Waals surface area contributed by atoms with E-state index in [0.717, 1.165) is 5.56 Å². The number of hydrogen-bond acceptors (Lipinski definition) is 3. The van der Waals surface area contributed by atoms with Crippen molar-refractivity contribution in [1.29, 1.82) is 0 Å². The number of amides is 1. The van der Waals surface area contributed by atoms with Gasteiger partial charge in [0, 0.05) is 15.3 Å². The lowest BCUT2D eigenvalue weighted by Crippen LogP contribution is -2.26. The van der Waals surface area contributed by atoms with Crippen LogP contribution < -0.4 is 5.32 Å². The molecule has 0 fully saturated rings. The first kappa shape index (κ1) is 13.6. The maximum absolute atomic E-state index is 12.1. The number of aromatic hydroxyl groups is 1. The summed E-state index contributed by atoms with van der Waals surface area (Å²) in [6.45, 7) is 6.09. The van der Waals surface area contributed by atoms with Crippen LogP contribution >= 0.6 is 11.3 Å². The number of carbonyl (C=O) groups excluding carboxylic acids is 1. The van der Waals surface area contributed by atoms with Crippen molar-refractivity contribution in [3.8, 4) is 5.75 Å². The SMILES string of the molecule is Cc1cc(C(C)NC(=O)c2cccc(O)c2)c(C)s1. The molecule has 0 spiro atoms. The lowest BCUT2D eigenvalue weighted by molar-refractivity contribution is 0.0939. The number of thiophene rings is 1. The zero-order valence-corrected chi connectivity index (χ0v) is 12.0. The molecule has 2 aromatic rings. The molecule has 1 aromatic carbocycles. The highest BCUT2D eigenvalue weighted by Gasteiger charge is 2.15. The van der Waals surface area contributed by atoms with Gasteiger partial charge in [-0.25, -0.2) is 0 Å². The molecule has 0 aliphatic rings. The zero-order chi connectivity index (χ0) is 14.0. The quantitative estimate of drug-likeness (QED) is 0.899. The summed E-state index contributed by atoms with van der Waals surface area (Å²) in [5.74, 6) is -0.0745. The molecular weight excluding hydrogens is 258 g/mol. The van der Waals surface area contributed by atoms with Crippen LogP contribution in [0.3, 0.4) is 0 Å². The van der Waals surface area contributed by atoms with E-state index < -0.39 is 0 Å². The first-order valence-corrected chi connectivity index (χ1v) is 6.96. The number of rotatable bonds is 3. The van der Waals surface area contributed by atoms with Gasteiger partial charge in [0.25, 0.3) is 5.91 Å². The van der Waals surface area contributed by atoms with Gasteiger partial charge >= 0.3 is 0 Å². The van der Waals surface area contributed by atoms with E-state index in [9.17, 15) is 9.90 Å². The van der Waals surface area contributed by atoms with Crippen molar-refractivity contribution in [1.82, 2.24) is 5.32 Å². The van der Waals surface area contributed by atoms with Gasteiger partial charge in [0.2, 0.25) is 0 Å². The fourth-order valence-corrected chi connectivity index (χ4v) is 3.11. The highest BCUT2D eigenvalue weighted by Crippen LogP contribution is 2.26. The second kappa shape index (κ2) is 5.45. The fraction of sp³-hybridized carbons (Fsp3) is 0.267.